The van der Waals surface area contributed by atoms with Crippen molar-refractivity contribution in [3.63, 3.8) is 0 Å². The van der Waals surface area contributed by atoms with Gasteiger partial charge in [0.25, 0.3) is 0 Å². The zero-order chi connectivity index (χ0) is 5.98. The fourth-order valence-corrected chi connectivity index (χ4v) is 0.835. The van der Waals surface area contributed by atoms with Crippen molar-refractivity contribution in [1.82, 2.24) is 0 Å². The minimum atomic E-state index is 0.252. The zero-order valence-electron chi connectivity index (χ0n) is 5.14. The maximum Gasteiger partial charge on any atom is 0.0223 e. The van der Waals surface area contributed by atoms with Crippen LogP contribution in [-0.4, -0.2) is 6.04 Å². The lowest BCUT2D eigenvalue weighted by atomic mass is 10.1. The van der Waals surface area contributed by atoms with Gasteiger partial charge in [0, 0.05) is 6.04 Å². The molecular weight excluding hydrogens is 98.1 g/mol. The maximum atomic E-state index is 5.60. The molecule has 1 unspecified atom stereocenters. The Kier molecular flexibility index (Phi) is 1.69. The van der Waals surface area contributed by atoms with Gasteiger partial charge in [-0.25, -0.2) is 0 Å². The van der Waals surface area contributed by atoms with Gasteiger partial charge in [-0.1, -0.05) is 18.9 Å². The van der Waals surface area contributed by atoms with Crippen LogP contribution in [0.1, 0.15) is 19.3 Å². The molecule has 0 aliphatic heterocycles. The topological polar surface area (TPSA) is 26.0 Å². The van der Waals surface area contributed by atoms with Gasteiger partial charge in [0.1, 0.15) is 0 Å². The van der Waals surface area contributed by atoms with Crippen LogP contribution in [0.15, 0.2) is 12.7 Å². The highest BCUT2D eigenvalue weighted by molar-refractivity contribution is 4.87. The molecule has 0 spiro atoms. The molecule has 1 saturated carbocycles. The smallest absolute Gasteiger partial charge is 0.0223 e. The highest BCUT2D eigenvalue weighted by Crippen LogP contribution is 2.33. The summed E-state index contributed by atoms with van der Waals surface area (Å²) in [6, 6.07) is 0.252. The van der Waals surface area contributed by atoms with Crippen molar-refractivity contribution in [3.8, 4) is 0 Å². The summed E-state index contributed by atoms with van der Waals surface area (Å²) in [5.41, 5.74) is 5.60. The highest BCUT2D eigenvalue weighted by Gasteiger charge is 2.22. The Labute approximate surface area is 50.6 Å². The first-order chi connectivity index (χ1) is 3.83. The molecule has 8 heavy (non-hydrogen) atoms. The van der Waals surface area contributed by atoms with E-state index in [0.717, 1.165) is 12.3 Å². The van der Waals surface area contributed by atoms with E-state index < -0.39 is 0 Å². The van der Waals surface area contributed by atoms with Gasteiger partial charge in [-0.15, -0.1) is 6.58 Å². The molecule has 0 saturated heterocycles. The first-order valence-corrected chi connectivity index (χ1v) is 3.21. The molecule has 46 valence electrons. The molecule has 0 amide bonds. The second-order valence-electron chi connectivity index (χ2n) is 2.58. The highest BCUT2D eigenvalue weighted by atomic mass is 14.6. The fourth-order valence-electron chi connectivity index (χ4n) is 0.835. The molecule has 2 N–H and O–H groups in total. The van der Waals surface area contributed by atoms with Crippen LogP contribution in [0.4, 0.5) is 0 Å². The molecule has 0 bridgehead atoms. The van der Waals surface area contributed by atoms with Crippen LogP contribution in [0.2, 0.25) is 0 Å². The Hall–Kier alpha value is -0.300. The molecular formula is C7H13N. The standard InChI is InChI=1S/C7H13N/c1-2-7(8)5-6-3-4-6/h2,6-7H,1,3-5,8H2. The molecule has 0 aromatic rings. The van der Waals surface area contributed by atoms with Gasteiger partial charge >= 0.3 is 0 Å². The summed E-state index contributed by atoms with van der Waals surface area (Å²) < 4.78 is 0. The van der Waals surface area contributed by atoms with Crippen LogP contribution in [0.5, 0.6) is 0 Å². The van der Waals surface area contributed by atoms with Crippen LogP contribution < -0.4 is 5.73 Å². The van der Waals surface area contributed by atoms with E-state index in [4.69, 9.17) is 5.73 Å². The summed E-state index contributed by atoms with van der Waals surface area (Å²) in [7, 11) is 0. The van der Waals surface area contributed by atoms with Crippen LogP contribution >= 0.6 is 0 Å². The lowest BCUT2D eigenvalue weighted by molar-refractivity contribution is 0.654. The summed E-state index contributed by atoms with van der Waals surface area (Å²) in [5, 5.41) is 0. The first-order valence-electron chi connectivity index (χ1n) is 3.21. The van der Waals surface area contributed by atoms with Crippen LogP contribution in [0.3, 0.4) is 0 Å². The second kappa shape index (κ2) is 2.31. The van der Waals surface area contributed by atoms with Gasteiger partial charge in [0.2, 0.25) is 0 Å². The third kappa shape index (κ3) is 1.66. The molecule has 0 aromatic heterocycles. The van der Waals surface area contributed by atoms with Crippen molar-refractivity contribution in [2.24, 2.45) is 11.7 Å². The summed E-state index contributed by atoms with van der Waals surface area (Å²) in [4.78, 5) is 0. The van der Waals surface area contributed by atoms with Gasteiger partial charge in [0.05, 0.1) is 0 Å². The van der Waals surface area contributed by atoms with E-state index in [1.54, 1.807) is 0 Å². The third-order valence-electron chi connectivity index (χ3n) is 1.61. The van der Waals surface area contributed by atoms with E-state index in [1.807, 2.05) is 6.08 Å². The van der Waals surface area contributed by atoms with Crippen molar-refractivity contribution in [2.75, 3.05) is 0 Å². The lowest BCUT2D eigenvalue weighted by Crippen LogP contribution is -2.16. The molecule has 1 aliphatic rings. The molecule has 1 fully saturated rings. The molecule has 0 heterocycles. The minimum Gasteiger partial charge on any atom is -0.324 e. The summed E-state index contributed by atoms with van der Waals surface area (Å²) in [6.07, 6.45) is 5.77. The molecule has 1 nitrogen and oxygen atoms in total. The molecule has 0 radical (unpaired) electrons. The van der Waals surface area contributed by atoms with Gasteiger partial charge in [-0.2, -0.15) is 0 Å². The monoisotopic (exact) mass is 111 g/mol. The Morgan fingerprint density at radius 2 is 2.38 bits per heavy atom. The average molecular weight is 111 g/mol. The van der Waals surface area contributed by atoms with Gasteiger partial charge in [0.15, 0.2) is 0 Å². The number of hydrogen-bond donors (Lipinski definition) is 1. The van der Waals surface area contributed by atoms with Crippen molar-refractivity contribution >= 4 is 0 Å². The van der Waals surface area contributed by atoms with Crippen molar-refractivity contribution in [2.45, 2.75) is 25.3 Å². The summed E-state index contributed by atoms with van der Waals surface area (Å²) in [6.45, 7) is 3.62. The predicted molar refractivity (Wildman–Crippen MR) is 35.5 cm³/mol. The van der Waals surface area contributed by atoms with Gasteiger partial charge < -0.3 is 5.73 Å². The molecule has 0 aromatic carbocycles. The minimum absolute atomic E-state index is 0.252. The van der Waals surface area contributed by atoms with Crippen molar-refractivity contribution in [3.05, 3.63) is 12.7 Å². The van der Waals surface area contributed by atoms with E-state index in [-0.39, 0.29) is 6.04 Å². The first kappa shape index (κ1) is 5.83. The zero-order valence-corrected chi connectivity index (χ0v) is 5.14. The maximum absolute atomic E-state index is 5.60. The van der Waals surface area contributed by atoms with Crippen LogP contribution in [-0.2, 0) is 0 Å². The largest absolute Gasteiger partial charge is 0.324 e. The Balaban J connectivity index is 2.06. The van der Waals surface area contributed by atoms with Gasteiger partial charge in [-0.3, -0.25) is 0 Å². The van der Waals surface area contributed by atoms with Gasteiger partial charge in [-0.05, 0) is 12.3 Å². The van der Waals surface area contributed by atoms with Crippen molar-refractivity contribution < 1.29 is 0 Å². The van der Waals surface area contributed by atoms with E-state index in [9.17, 15) is 0 Å². The molecule has 1 rings (SSSR count). The van der Waals surface area contributed by atoms with Crippen molar-refractivity contribution in [1.29, 1.82) is 0 Å². The second-order valence-corrected chi connectivity index (χ2v) is 2.58. The van der Waals surface area contributed by atoms with Crippen LogP contribution in [0, 0.1) is 5.92 Å². The number of nitrogens with two attached hydrogens (primary N) is 1. The predicted octanol–water partition coefficient (Wildman–Crippen LogP) is 1.30. The Morgan fingerprint density at radius 1 is 1.75 bits per heavy atom. The lowest BCUT2D eigenvalue weighted by Gasteiger charge is -2.00. The molecule has 1 aliphatic carbocycles. The quantitative estimate of drug-likeness (QED) is 0.546. The van der Waals surface area contributed by atoms with E-state index in [0.29, 0.717) is 0 Å². The fraction of sp³-hybridized carbons (Fsp3) is 0.714. The summed E-state index contributed by atoms with van der Waals surface area (Å²) in [5.74, 6) is 0.933. The third-order valence-corrected chi connectivity index (χ3v) is 1.61. The normalized spacial score (nSPS) is 22.6. The number of hydrogen-bond acceptors (Lipinski definition) is 1. The molecule has 1 atom stereocenters. The van der Waals surface area contributed by atoms with Crippen LogP contribution in [0.25, 0.3) is 0 Å². The van der Waals surface area contributed by atoms with E-state index in [2.05, 4.69) is 6.58 Å². The van der Waals surface area contributed by atoms with E-state index in [1.165, 1.54) is 12.8 Å². The summed E-state index contributed by atoms with van der Waals surface area (Å²) >= 11 is 0. The SMILES string of the molecule is C=CC(N)CC1CC1. The Bertz CT molecular complexity index is 84.4. The molecule has 1 heteroatoms. The average Bonchev–Trinajstić information content (AvgIpc) is 2.50. The Morgan fingerprint density at radius 3 is 2.75 bits per heavy atom. The number of rotatable bonds is 3. The van der Waals surface area contributed by atoms with E-state index >= 15 is 0 Å².